The van der Waals surface area contributed by atoms with E-state index in [-0.39, 0.29) is 5.92 Å². The first kappa shape index (κ1) is 38.7. The minimum atomic E-state index is -0.902. The van der Waals surface area contributed by atoms with E-state index >= 15 is 0 Å². The number of ether oxygens (including phenoxy) is 5. The van der Waals surface area contributed by atoms with Crippen LogP contribution in [0.25, 0.3) is 0 Å². The molecule has 2 saturated carbocycles. The quantitative estimate of drug-likeness (QED) is 0.0935. The molecule has 6 aromatic rings. The summed E-state index contributed by atoms with van der Waals surface area (Å²) in [5.74, 6) is 1.01. The second-order valence-electron chi connectivity index (χ2n) is 15.2. The van der Waals surface area contributed by atoms with Crippen molar-refractivity contribution in [1.82, 2.24) is 4.98 Å². The molecule has 1 heterocycles. The summed E-state index contributed by atoms with van der Waals surface area (Å²) >= 11 is 0. The van der Waals surface area contributed by atoms with Gasteiger partial charge in [-0.15, -0.1) is 0 Å². The fraction of sp³-hybridized carbons (Fsp3) is 0.300. The van der Waals surface area contributed by atoms with Crippen molar-refractivity contribution in [3.63, 3.8) is 0 Å². The predicted octanol–water partition coefficient (Wildman–Crippen LogP) is 9.78. The highest BCUT2D eigenvalue weighted by atomic mass is 16.6. The summed E-state index contributed by atoms with van der Waals surface area (Å²) in [6, 6.07) is 50.9. The van der Waals surface area contributed by atoms with Crippen LogP contribution >= 0.6 is 0 Å². The molecule has 6 atom stereocenters. The van der Waals surface area contributed by atoms with Crippen molar-refractivity contribution in [2.45, 2.75) is 82.1 Å². The van der Waals surface area contributed by atoms with Gasteiger partial charge in [0.15, 0.2) is 0 Å². The summed E-state index contributed by atoms with van der Waals surface area (Å²) < 4.78 is 34.4. The molecule has 2 aliphatic rings. The molecule has 8 rings (SSSR count). The van der Waals surface area contributed by atoms with Crippen LogP contribution in [0.2, 0.25) is 0 Å². The molecular weight excluding hydrogens is 711 g/mol. The summed E-state index contributed by atoms with van der Waals surface area (Å²) in [5, 5.41) is 11.8. The summed E-state index contributed by atoms with van der Waals surface area (Å²) in [6.45, 7) is 2.01. The van der Waals surface area contributed by atoms with E-state index in [4.69, 9.17) is 23.7 Å². The minimum absolute atomic E-state index is 0.125. The summed E-state index contributed by atoms with van der Waals surface area (Å²) in [6.07, 6.45) is 3.53. The molecule has 0 bridgehead atoms. The van der Waals surface area contributed by atoms with E-state index in [1.54, 1.807) is 12.4 Å². The third-order valence-corrected chi connectivity index (χ3v) is 11.0. The summed E-state index contributed by atoms with van der Waals surface area (Å²) in [4.78, 5) is 4.47. The lowest BCUT2D eigenvalue weighted by atomic mass is 9.80. The minimum Gasteiger partial charge on any atom is -0.486 e. The van der Waals surface area contributed by atoms with Gasteiger partial charge in [0, 0.05) is 17.7 Å². The summed E-state index contributed by atoms with van der Waals surface area (Å²) in [7, 11) is 0. The lowest BCUT2D eigenvalue weighted by molar-refractivity contribution is -0.220. The van der Waals surface area contributed by atoms with Crippen LogP contribution in [0, 0.1) is 5.92 Å². The topological polar surface area (TPSA) is 79.3 Å². The van der Waals surface area contributed by atoms with Crippen molar-refractivity contribution in [2.24, 2.45) is 5.92 Å². The predicted molar refractivity (Wildman–Crippen MR) is 220 cm³/mol. The number of rotatable bonds is 18. The molecule has 1 N–H and O–H groups in total. The van der Waals surface area contributed by atoms with Crippen LogP contribution in [0.3, 0.4) is 0 Å². The third-order valence-electron chi connectivity index (χ3n) is 11.0. The Bertz CT molecular complexity index is 2080. The average Bonchev–Trinajstić information content (AvgIpc) is 4.13. The maximum absolute atomic E-state index is 11.8. The molecule has 0 saturated heterocycles. The van der Waals surface area contributed by atoms with E-state index in [9.17, 15) is 5.11 Å². The first-order valence-electron chi connectivity index (χ1n) is 20.1. The molecule has 0 spiro atoms. The number of aliphatic hydroxyl groups is 1. The van der Waals surface area contributed by atoms with Gasteiger partial charge in [-0.05, 0) is 64.6 Å². The smallest absolute Gasteiger partial charge is 0.144 e. The van der Waals surface area contributed by atoms with Crippen LogP contribution in [-0.4, -0.2) is 41.1 Å². The Morgan fingerprint density at radius 2 is 1.07 bits per heavy atom. The molecule has 57 heavy (non-hydrogen) atoms. The molecule has 1 unspecified atom stereocenters. The Labute approximate surface area is 336 Å². The van der Waals surface area contributed by atoms with Gasteiger partial charge in [0.1, 0.15) is 30.2 Å². The highest BCUT2D eigenvalue weighted by Gasteiger charge is 2.49. The first-order chi connectivity index (χ1) is 28.2. The van der Waals surface area contributed by atoms with Crippen LogP contribution < -0.4 is 4.74 Å². The van der Waals surface area contributed by atoms with Gasteiger partial charge < -0.3 is 28.8 Å². The van der Waals surface area contributed by atoms with E-state index in [0.29, 0.717) is 56.7 Å². The van der Waals surface area contributed by atoms with Crippen molar-refractivity contribution in [3.8, 4) is 5.75 Å². The molecule has 2 fully saturated rings. The second-order valence-corrected chi connectivity index (χ2v) is 15.2. The lowest BCUT2D eigenvalue weighted by Crippen LogP contribution is -2.59. The fourth-order valence-corrected chi connectivity index (χ4v) is 7.76. The zero-order valence-electron chi connectivity index (χ0n) is 32.2. The van der Waals surface area contributed by atoms with Gasteiger partial charge in [0.2, 0.25) is 0 Å². The maximum atomic E-state index is 11.8. The van der Waals surface area contributed by atoms with Gasteiger partial charge >= 0.3 is 0 Å². The molecule has 7 nitrogen and oxygen atoms in total. The number of benzene rings is 5. The van der Waals surface area contributed by atoms with Gasteiger partial charge in [0.25, 0.3) is 0 Å². The zero-order chi connectivity index (χ0) is 38.7. The van der Waals surface area contributed by atoms with Crippen LogP contribution in [0.5, 0.6) is 5.75 Å². The summed E-state index contributed by atoms with van der Waals surface area (Å²) in [5.41, 5.74) is 7.04. The third kappa shape index (κ3) is 10.4. The largest absolute Gasteiger partial charge is 0.486 e. The van der Waals surface area contributed by atoms with E-state index in [2.05, 4.69) is 65.6 Å². The molecule has 1 aromatic heterocycles. The first-order valence-corrected chi connectivity index (χ1v) is 20.1. The molecule has 0 amide bonds. The van der Waals surface area contributed by atoms with Gasteiger partial charge in [-0.2, -0.15) is 0 Å². The van der Waals surface area contributed by atoms with E-state index in [0.717, 1.165) is 27.8 Å². The van der Waals surface area contributed by atoms with Crippen LogP contribution in [-0.2, 0) is 45.4 Å². The highest BCUT2D eigenvalue weighted by Crippen LogP contribution is 2.41. The van der Waals surface area contributed by atoms with Crippen LogP contribution in [0.15, 0.2) is 164 Å². The number of pyridine rings is 1. The number of aliphatic hydroxyl groups excluding tert-OH is 1. The standard InChI is InChI=1S/C50H51NO6/c52-47(42-25-23-41(24-26-42)40-21-22-40)44-27-28-51-30-46(44)57-45-29-43(35-53-31-36-13-5-1-6-14-36)48(54-32-37-15-7-2-8-16-37)50(56-34-39-19-11-4-12-20-39)49(45)55-33-38-17-9-3-10-18-38/h1-20,23-28,30,40,43,45,47-50,52H,21-22,29,31-35H2/t43-,45-,47?,48-,49+,50-/m1/s1. The van der Waals surface area contributed by atoms with E-state index in [1.807, 2.05) is 91.0 Å². The number of hydrogen-bond acceptors (Lipinski definition) is 7. The maximum Gasteiger partial charge on any atom is 0.144 e. The van der Waals surface area contributed by atoms with Crippen molar-refractivity contribution in [3.05, 3.63) is 203 Å². The Hall–Kier alpha value is -5.15. The second kappa shape index (κ2) is 19.3. The number of aromatic nitrogens is 1. The van der Waals surface area contributed by atoms with Crippen molar-refractivity contribution in [2.75, 3.05) is 6.61 Å². The van der Waals surface area contributed by atoms with E-state index < -0.39 is 30.5 Å². The molecule has 2 aliphatic carbocycles. The van der Waals surface area contributed by atoms with E-state index in [1.165, 1.54) is 18.4 Å². The molecule has 5 aromatic carbocycles. The fourth-order valence-electron chi connectivity index (χ4n) is 7.76. The average molecular weight is 762 g/mol. The molecule has 292 valence electrons. The highest BCUT2D eigenvalue weighted by molar-refractivity contribution is 5.40. The van der Waals surface area contributed by atoms with Crippen molar-refractivity contribution >= 4 is 0 Å². The molecule has 0 aliphatic heterocycles. The van der Waals surface area contributed by atoms with Gasteiger partial charge in [-0.1, -0.05) is 146 Å². The normalized spacial score (nSPS) is 21.2. The zero-order valence-corrected chi connectivity index (χ0v) is 32.2. The van der Waals surface area contributed by atoms with Gasteiger partial charge in [0.05, 0.1) is 45.3 Å². The molecule has 0 radical (unpaired) electrons. The number of hydrogen-bond donors (Lipinski definition) is 1. The Morgan fingerprint density at radius 3 is 1.61 bits per heavy atom. The Morgan fingerprint density at radius 1 is 0.561 bits per heavy atom. The number of nitrogens with zero attached hydrogens (tertiary/aromatic N) is 1. The van der Waals surface area contributed by atoms with Crippen molar-refractivity contribution in [1.29, 1.82) is 0 Å². The van der Waals surface area contributed by atoms with Crippen LogP contribution in [0.1, 0.15) is 70.2 Å². The molecular formula is C50H51NO6. The van der Waals surface area contributed by atoms with Gasteiger partial charge in [-0.25, -0.2) is 0 Å². The molecule has 7 heteroatoms. The SMILES string of the molecule is OC(c1ccc(C2CC2)cc1)c1ccncc1O[C@@H]1C[C@H](COCc2ccccc2)[C@@H](OCc2ccccc2)[C@@H](OCc2ccccc2)[C@H]1OCc1ccccc1. The monoisotopic (exact) mass is 761 g/mol. The van der Waals surface area contributed by atoms with Gasteiger partial charge in [-0.3, -0.25) is 4.98 Å². The van der Waals surface area contributed by atoms with Crippen LogP contribution in [0.4, 0.5) is 0 Å². The van der Waals surface area contributed by atoms with Crippen molar-refractivity contribution < 1.29 is 28.8 Å². The Balaban J connectivity index is 1.13. The Kier molecular flexibility index (Phi) is 13.1. The lowest BCUT2D eigenvalue weighted by Gasteiger charge is -2.46.